The third-order valence-electron chi connectivity index (χ3n) is 6.60. The Bertz CT molecular complexity index is 1080. The number of sulfonamides is 1. The van der Waals surface area contributed by atoms with Gasteiger partial charge in [0.25, 0.3) is 0 Å². The predicted octanol–water partition coefficient (Wildman–Crippen LogP) is 4.89. The molecule has 2 aliphatic rings. The van der Waals surface area contributed by atoms with Crippen LogP contribution < -0.4 is 9.62 Å². The number of rotatable bonds is 8. The van der Waals surface area contributed by atoms with Crippen LogP contribution in [0, 0.1) is 0 Å². The van der Waals surface area contributed by atoms with Gasteiger partial charge in [-0.05, 0) is 47.3 Å². The van der Waals surface area contributed by atoms with Crippen molar-refractivity contribution in [3.63, 3.8) is 0 Å². The molecule has 7 nitrogen and oxygen atoms in total. The first-order valence-electron chi connectivity index (χ1n) is 11.8. The molecule has 0 amide bonds. The Morgan fingerprint density at radius 1 is 1.24 bits per heavy atom. The number of hydrogen-bond donors (Lipinski definition) is 1. The van der Waals surface area contributed by atoms with Gasteiger partial charge in [-0.25, -0.2) is 13.4 Å². The normalized spacial score (nSPS) is 21.2. The van der Waals surface area contributed by atoms with E-state index in [1.165, 1.54) is 22.2 Å². The maximum Gasteiger partial charge on any atom is 0.229 e. The molecule has 0 spiro atoms. The fraction of sp³-hybridized carbons (Fsp3) is 0.609. The van der Waals surface area contributed by atoms with Crippen molar-refractivity contribution in [1.82, 2.24) is 14.8 Å². The summed E-state index contributed by atoms with van der Waals surface area (Å²) in [4.78, 5) is 13.5. The second kappa shape index (κ2) is 11.4. The molecule has 2 aromatic rings. The van der Waals surface area contributed by atoms with Gasteiger partial charge in [0, 0.05) is 66.1 Å². The molecule has 2 fully saturated rings. The van der Waals surface area contributed by atoms with Gasteiger partial charge in [0.2, 0.25) is 10.0 Å². The zero-order chi connectivity index (χ0) is 24.3. The SMILES string of the molecule is CCC[C@H]1CN(c2ncc(NS(C)(=O)=O)cc2Cl)CCN1C1CCN(Cc2cc(Br)cs2)CC1. The highest BCUT2D eigenvalue weighted by Gasteiger charge is 2.34. The molecule has 2 aliphatic heterocycles. The summed E-state index contributed by atoms with van der Waals surface area (Å²) < 4.78 is 26.6. The maximum atomic E-state index is 11.5. The van der Waals surface area contributed by atoms with Crippen molar-refractivity contribution < 1.29 is 8.42 Å². The zero-order valence-electron chi connectivity index (χ0n) is 19.7. The smallest absolute Gasteiger partial charge is 0.229 e. The molecule has 0 aliphatic carbocycles. The average molecular weight is 591 g/mol. The predicted molar refractivity (Wildman–Crippen MR) is 146 cm³/mol. The third kappa shape index (κ3) is 6.85. The number of anilines is 2. The summed E-state index contributed by atoms with van der Waals surface area (Å²) in [7, 11) is -3.36. The monoisotopic (exact) mass is 589 g/mol. The van der Waals surface area contributed by atoms with Gasteiger partial charge in [-0.2, -0.15) is 0 Å². The Kier molecular flexibility index (Phi) is 8.80. The lowest BCUT2D eigenvalue weighted by atomic mass is 9.97. The minimum atomic E-state index is -3.36. The van der Waals surface area contributed by atoms with Crippen molar-refractivity contribution in [2.45, 2.75) is 51.2 Å². The number of aromatic nitrogens is 1. The molecule has 2 saturated heterocycles. The Balaban J connectivity index is 1.37. The highest BCUT2D eigenvalue weighted by atomic mass is 79.9. The Morgan fingerprint density at radius 2 is 2.00 bits per heavy atom. The lowest BCUT2D eigenvalue weighted by molar-refractivity contribution is 0.0592. The largest absolute Gasteiger partial charge is 0.353 e. The standard InChI is InChI=1S/C23H33BrClN5O2S2/c1-3-4-20-14-29(23-22(25)12-18(13-26-23)27-34(2,31)32)9-10-30(20)19-5-7-28(8-6-19)15-21-11-17(24)16-33-21/h11-13,16,19-20,27H,3-10,14-15H2,1-2H3/t20-/m0/s1. The maximum absolute atomic E-state index is 11.5. The second-order valence-electron chi connectivity index (χ2n) is 9.27. The van der Waals surface area contributed by atoms with Crippen molar-refractivity contribution in [2.24, 2.45) is 0 Å². The minimum Gasteiger partial charge on any atom is -0.353 e. The van der Waals surface area contributed by atoms with E-state index in [0.717, 1.165) is 64.2 Å². The lowest BCUT2D eigenvalue weighted by Crippen LogP contribution is -2.58. The van der Waals surface area contributed by atoms with Gasteiger partial charge in [0.15, 0.2) is 0 Å². The van der Waals surface area contributed by atoms with Gasteiger partial charge in [0.05, 0.1) is 23.2 Å². The van der Waals surface area contributed by atoms with Gasteiger partial charge >= 0.3 is 0 Å². The summed E-state index contributed by atoms with van der Waals surface area (Å²) in [6, 6.07) is 4.97. The fourth-order valence-electron chi connectivity index (χ4n) is 5.13. The van der Waals surface area contributed by atoms with E-state index in [0.29, 0.717) is 22.8 Å². The number of likely N-dealkylation sites (tertiary alicyclic amines) is 1. The van der Waals surface area contributed by atoms with Gasteiger partial charge in [-0.15, -0.1) is 11.3 Å². The Labute approximate surface area is 220 Å². The van der Waals surface area contributed by atoms with Crippen LogP contribution in [0.5, 0.6) is 0 Å². The summed E-state index contributed by atoms with van der Waals surface area (Å²) in [5, 5.41) is 2.64. The van der Waals surface area contributed by atoms with E-state index in [9.17, 15) is 8.42 Å². The Morgan fingerprint density at radius 3 is 2.62 bits per heavy atom. The van der Waals surface area contributed by atoms with Crippen LogP contribution in [0.25, 0.3) is 0 Å². The molecule has 2 aromatic heterocycles. The van der Waals surface area contributed by atoms with Crippen molar-refractivity contribution in [1.29, 1.82) is 0 Å². The molecule has 0 saturated carbocycles. The quantitative estimate of drug-likeness (QED) is 0.472. The molecule has 0 unspecified atom stereocenters. The number of halogens is 2. The number of nitrogens with zero attached hydrogens (tertiary/aromatic N) is 4. The van der Waals surface area contributed by atoms with Crippen molar-refractivity contribution in [3.05, 3.63) is 38.1 Å². The molecule has 34 heavy (non-hydrogen) atoms. The van der Waals surface area contributed by atoms with Crippen LogP contribution in [0.15, 0.2) is 28.2 Å². The number of nitrogens with one attached hydrogen (secondary N) is 1. The molecule has 11 heteroatoms. The van der Waals surface area contributed by atoms with Gasteiger partial charge < -0.3 is 4.90 Å². The second-order valence-corrected chi connectivity index (χ2v) is 13.3. The van der Waals surface area contributed by atoms with E-state index >= 15 is 0 Å². The van der Waals surface area contributed by atoms with Gasteiger partial charge in [0.1, 0.15) is 5.82 Å². The third-order valence-corrected chi connectivity index (χ3v) is 9.17. The molecule has 4 heterocycles. The van der Waals surface area contributed by atoms with Crippen LogP contribution in [0.2, 0.25) is 5.02 Å². The van der Waals surface area contributed by atoms with E-state index in [1.807, 2.05) is 11.3 Å². The first-order chi connectivity index (χ1) is 16.2. The topological polar surface area (TPSA) is 68.8 Å². The van der Waals surface area contributed by atoms with Crippen LogP contribution in [-0.2, 0) is 16.6 Å². The van der Waals surface area contributed by atoms with E-state index in [1.54, 1.807) is 12.3 Å². The summed E-state index contributed by atoms with van der Waals surface area (Å²) in [5.74, 6) is 0.735. The van der Waals surface area contributed by atoms with Gasteiger partial charge in [-0.3, -0.25) is 14.5 Å². The number of pyridine rings is 1. The van der Waals surface area contributed by atoms with Gasteiger partial charge in [-0.1, -0.05) is 24.9 Å². The molecular formula is C23H33BrClN5O2S2. The zero-order valence-corrected chi connectivity index (χ0v) is 23.7. The molecular weight excluding hydrogens is 558 g/mol. The van der Waals surface area contributed by atoms with Crippen LogP contribution in [0.3, 0.4) is 0 Å². The molecule has 4 rings (SSSR count). The number of piperazine rings is 1. The van der Waals surface area contributed by atoms with E-state index in [4.69, 9.17) is 11.6 Å². The molecule has 0 aromatic carbocycles. The number of piperidine rings is 1. The van der Waals surface area contributed by atoms with E-state index in [-0.39, 0.29) is 0 Å². The van der Waals surface area contributed by atoms with Crippen molar-refractivity contribution in [3.8, 4) is 0 Å². The minimum absolute atomic E-state index is 0.390. The van der Waals surface area contributed by atoms with E-state index in [2.05, 4.69) is 58.7 Å². The van der Waals surface area contributed by atoms with Crippen LogP contribution in [-0.4, -0.2) is 74.3 Å². The lowest BCUT2D eigenvalue weighted by Gasteiger charge is -2.48. The molecule has 1 atom stereocenters. The number of thiophene rings is 1. The highest BCUT2D eigenvalue weighted by Crippen LogP contribution is 2.31. The van der Waals surface area contributed by atoms with Crippen LogP contribution in [0.1, 0.15) is 37.5 Å². The summed E-state index contributed by atoms with van der Waals surface area (Å²) in [5.41, 5.74) is 0.390. The first-order valence-corrected chi connectivity index (χ1v) is 15.8. The molecule has 0 radical (unpaired) electrons. The molecule has 0 bridgehead atoms. The fourth-order valence-corrected chi connectivity index (χ4v) is 7.45. The molecule has 1 N–H and O–H groups in total. The summed E-state index contributed by atoms with van der Waals surface area (Å²) in [6.07, 6.45) is 7.36. The van der Waals surface area contributed by atoms with Crippen LogP contribution in [0.4, 0.5) is 11.5 Å². The average Bonchev–Trinajstić information content (AvgIpc) is 3.18. The summed E-state index contributed by atoms with van der Waals surface area (Å²) in [6.45, 7) is 8.33. The highest BCUT2D eigenvalue weighted by molar-refractivity contribution is 9.10. The van der Waals surface area contributed by atoms with Crippen LogP contribution >= 0.6 is 38.9 Å². The van der Waals surface area contributed by atoms with E-state index < -0.39 is 10.0 Å². The molecule has 188 valence electrons. The Hall–Kier alpha value is -0.910. The first kappa shape index (κ1) is 26.2. The number of hydrogen-bond acceptors (Lipinski definition) is 7. The van der Waals surface area contributed by atoms with Crippen molar-refractivity contribution >= 4 is 60.4 Å². The van der Waals surface area contributed by atoms with Crippen molar-refractivity contribution in [2.75, 3.05) is 48.6 Å². The summed E-state index contributed by atoms with van der Waals surface area (Å²) >= 11 is 11.9.